The number of aryl methyl sites for hydroxylation is 1. The van der Waals surface area contributed by atoms with Crippen molar-refractivity contribution in [1.29, 1.82) is 0 Å². The van der Waals surface area contributed by atoms with Crippen LogP contribution in [0.5, 0.6) is 0 Å². The van der Waals surface area contributed by atoms with Crippen molar-refractivity contribution in [2.75, 3.05) is 5.43 Å². The third-order valence-corrected chi connectivity index (χ3v) is 2.53. The minimum absolute atomic E-state index is 0.690. The summed E-state index contributed by atoms with van der Waals surface area (Å²) >= 11 is 5.18. The second kappa shape index (κ2) is 4.31. The molecular weight excluding hydrogens is 206 g/mol. The van der Waals surface area contributed by atoms with Crippen molar-refractivity contribution in [3.8, 4) is 0 Å². The zero-order chi connectivity index (χ0) is 10.7. The minimum Gasteiger partial charge on any atom is -0.336 e. The van der Waals surface area contributed by atoms with Gasteiger partial charge in [0.05, 0.1) is 11.4 Å². The molecule has 0 bridgehead atoms. The predicted octanol–water partition coefficient (Wildman–Crippen LogP) is 2.98. The van der Waals surface area contributed by atoms with Gasteiger partial charge in [0, 0.05) is 6.20 Å². The Hall–Kier alpha value is -1.55. The van der Waals surface area contributed by atoms with Crippen LogP contribution < -0.4 is 5.43 Å². The molecule has 0 spiro atoms. The molecule has 0 atom stereocenters. The van der Waals surface area contributed by atoms with E-state index in [2.05, 4.69) is 17.3 Å². The van der Waals surface area contributed by atoms with Gasteiger partial charge >= 0.3 is 0 Å². The molecule has 0 amide bonds. The van der Waals surface area contributed by atoms with Crippen LogP contribution in [0.25, 0.3) is 0 Å². The van der Waals surface area contributed by atoms with E-state index in [9.17, 15) is 0 Å². The first-order valence-electron chi connectivity index (χ1n) is 4.92. The average molecular weight is 219 g/mol. The first-order chi connectivity index (χ1) is 7.31. The third-order valence-electron chi connectivity index (χ3n) is 2.23. The van der Waals surface area contributed by atoms with Gasteiger partial charge in [-0.25, -0.2) is 4.68 Å². The van der Waals surface area contributed by atoms with Gasteiger partial charge in [0.1, 0.15) is 0 Å². The molecule has 0 aliphatic carbocycles. The van der Waals surface area contributed by atoms with Crippen molar-refractivity contribution in [2.45, 2.75) is 13.3 Å². The molecule has 2 rings (SSSR count). The maximum absolute atomic E-state index is 5.18. The summed E-state index contributed by atoms with van der Waals surface area (Å²) < 4.78 is 2.58. The van der Waals surface area contributed by atoms with Crippen molar-refractivity contribution in [1.82, 2.24) is 9.66 Å². The molecule has 1 heterocycles. The van der Waals surface area contributed by atoms with Crippen LogP contribution >= 0.6 is 12.2 Å². The van der Waals surface area contributed by atoms with E-state index in [0.29, 0.717) is 4.77 Å². The van der Waals surface area contributed by atoms with Gasteiger partial charge in [0.25, 0.3) is 0 Å². The number of nitrogens with one attached hydrogen (secondary N) is 2. The van der Waals surface area contributed by atoms with Crippen LogP contribution in [-0.2, 0) is 6.42 Å². The molecule has 0 radical (unpaired) electrons. The number of aromatic amines is 1. The zero-order valence-electron chi connectivity index (χ0n) is 8.53. The predicted molar refractivity (Wildman–Crippen MR) is 64.5 cm³/mol. The van der Waals surface area contributed by atoms with Gasteiger partial charge in [-0.1, -0.05) is 25.1 Å². The Balaban J connectivity index is 2.32. The summed E-state index contributed by atoms with van der Waals surface area (Å²) in [5, 5.41) is 0. The van der Waals surface area contributed by atoms with Gasteiger partial charge in [-0.05, 0) is 30.8 Å². The SMILES string of the molecule is CCc1c[nH]c(=S)n1Nc1ccccc1. The topological polar surface area (TPSA) is 32.8 Å². The average Bonchev–Trinajstić information content (AvgIpc) is 2.62. The van der Waals surface area contributed by atoms with Crippen LogP contribution in [0.2, 0.25) is 0 Å². The Bertz CT molecular complexity index is 484. The molecule has 0 aliphatic rings. The number of para-hydroxylation sites is 1. The highest BCUT2D eigenvalue weighted by molar-refractivity contribution is 7.71. The van der Waals surface area contributed by atoms with E-state index in [0.717, 1.165) is 17.8 Å². The molecule has 15 heavy (non-hydrogen) atoms. The van der Waals surface area contributed by atoms with Crippen LogP contribution in [0.1, 0.15) is 12.6 Å². The van der Waals surface area contributed by atoms with Gasteiger partial charge < -0.3 is 4.98 Å². The van der Waals surface area contributed by atoms with Crippen molar-refractivity contribution in [2.24, 2.45) is 0 Å². The van der Waals surface area contributed by atoms with E-state index in [1.54, 1.807) is 0 Å². The van der Waals surface area contributed by atoms with Gasteiger partial charge in [0.2, 0.25) is 0 Å². The summed E-state index contributed by atoms with van der Waals surface area (Å²) in [6, 6.07) is 9.99. The van der Waals surface area contributed by atoms with E-state index in [1.807, 2.05) is 41.2 Å². The summed E-state index contributed by atoms with van der Waals surface area (Å²) in [7, 11) is 0. The molecule has 1 aromatic heterocycles. The van der Waals surface area contributed by atoms with Gasteiger partial charge in [-0.2, -0.15) is 0 Å². The Morgan fingerprint density at radius 3 is 2.73 bits per heavy atom. The van der Waals surface area contributed by atoms with E-state index in [4.69, 9.17) is 12.2 Å². The molecule has 3 nitrogen and oxygen atoms in total. The zero-order valence-corrected chi connectivity index (χ0v) is 9.34. The lowest BCUT2D eigenvalue weighted by Crippen LogP contribution is -2.11. The van der Waals surface area contributed by atoms with Gasteiger partial charge in [-0.3, -0.25) is 5.43 Å². The van der Waals surface area contributed by atoms with Crippen LogP contribution in [0.15, 0.2) is 36.5 Å². The molecule has 0 aliphatic heterocycles. The van der Waals surface area contributed by atoms with Crippen molar-refractivity contribution in [3.63, 3.8) is 0 Å². The van der Waals surface area contributed by atoms with E-state index < -0.39 is 0 Å². The lowest BCUT2D eigenvalue weighted by molar-refractivity contribution is 0.854. The second-order valence-corrected chi connectivity index (χ2v) is 3.64. The standard InChI is InChI=1S/C11H13N3S/c1-2-10-8-12-11(15)14(10)13-9-6-4-3-5-7-9/h3-8,13H,2H2,1H3,(H,12,15). The number of imidazole rings is 1. The summed E-state index contributed by atoms with van der Waals surface area (Å²) in [4.78, 5) is 3.02. The number of benzene rings is 1. The third kappa shape index (κ3) is 2.10. The number of H-pyrrole nitrogens is 1. The van der Waals surface area contributed by atoms with Gasteiger partial charge in [0.15, 0.2) is 4.77 Å². The number of hydrogen-bond donors (Lipinski definition) is 2. The fraction of sp³-hybridized carbons (Fsp3) is 0.182. The van der Waals surface area contributed by atoms with E-state index >= 15 is 0 Å². The normalized spacial score (nSPS) is 10.2. The van der Waals surface area contributed by atoms with Crippen molar-refractivity contribution in [3.05, 3.63) is 47.0 Å². The van der Waals surface area contributed by atoms with Crippen LogP contribution in [0.4, 0.5) is 5.69 Å². The second-order valence-electron chi connectivity index (χ2n) is 3.25. The summed E-state index contributed by atoms with van der Waals surface area (Å²) in [6.45, 7) is 2.10. The number of aromatic nitrogens is 2. The summed E-state index contributed by atoms with van der Waals surface area (Å²) in [5.41, 5.74) is 5.43. The Morgan fingerprint density at radius 1 is 1.33 bits per heavy atom. The molecule has 2 aromatic rings. The lowest BCUT2D eigenvalue weighted by Gasteiger charge is -2.09. The molecule has 0 saturated carbocycles. The Labute approximate surface area is 93.7 Å². The number of anilines is 1. The lowest BCUT2D eigenvalue weighted by atomic mass is 10.3. The highest BCUT2D eigenvalue weighted by atomic mass is 32.1. The van der Waals surface area contributed by atoms with Crippen LogP contribution in [0, 0.1) is 4.77 Å². The molecule has 4 heteroatoms. The highest BCUT2D eigenvalue weighted by Gasteiger charge is 2.00. The maximum Gasteiger partial charge on any atom is 0.196 e. The van der Waals surface area contributed by atoms with Crippen molar-refractivity contribution >= 4 is 17.9 Å². The fourth-order valence-electron chi connectivity index (χ4n) is 1.43. The Morgan fingerprint density at radius 2 is 2.07 bits per heavy atom. The van der Waals surface area contributed by atoms with Gasteiger partial charge in [-0.15, -0.1) is 0 Å². The van der Waals surface area contributed by atoms with Crippen molar-refractivity contribution < 1.29 is 0 Å². The quantitative estimate of drug-likeness (QED) is 0.778. The molecular formula is C11H13N3S. The Kier molecular flexibility index (Phi) is 2.87. The molecule has 0 saturated heterocycles. The van der Waals surface area contributed by atoms with E-state index in [-0.39, 0.29) is 0 Å². The first-order valence-corrected chi connectivity index (χ1v) is 5.33. The smallest absolute Gasteiger partial charge is 0.196 e. The minimum atomic E-state index is 0.690. The molecule has 2 N–H and O–H groups in total. The largest absolute Gasteiger partial charge is 0.336 e. The molecule has 0 unspecified atom stereocenters. The summed E-state index contributed by atoms with van der Waals surface area (Å²) in [6.07, 6.45) is 2.87. The molecule has 0 fully saturated rings. The van der Waals surface area contributed by atoms with Crippen LogP contribution in [-0.4, -0.2) is 9.66 Å². The maximum atomic E-state index is 5.18. The highest BCUT2D eigenvalue weighted by Crippen LogP contribution is 2.08. The number of hydrogen-bond acceptors (Lipinski definition) is 2. The number of nitrogens with zero attached hydrogens (tertiary/aromatic N) is 1. The van der Waals surface area contributed by atoms with Crippen LogP contribution in [0.3, 0.4) is 0 Å². The monoisotopic (exact) mass is 219 g/mol. The van der Waals surface area contributed by atoms with E-state index in [1.165, 1.54) is 0 Å². The first kappa shape index (κ1) is 9.98. The number of rotatable bonds is 3. The fourth-order valence-corrected chi connectivity index (χ4v) is 1.65. The molecule has 78 valence electrons. The summed E-state index contributed by atoms with van der Waals surface area (Å²) in [5.74, 6) is 0. The molecule has 1 aromatic carbocycles.